The molecule has 0 aliphatic carbocycles. The van der Waals surface area contributed by atoms with Crippen molar-refractivity contribution in [2.75, 3.05) is 0 Å². The zero-order valence-electron chi connectivity index (χ0n) is 12.7. The van der Waals surface area contributed by atoms with Gasteiger partial charge in [-0.05, 0) is 47.5 Å². The zero-order chi connectivity index (χ0) is 16.0. The Balaban J connectivity index is 1.86. The molecule has 0 atom stereocenters. The fourth-order valence-corrected chi connectivity index (χ4v) is 3.89. The average Bonchev–Trinajstić information content (AvgIpc) is 3.09. The first-order valence-corrected chi connectivity index (χ1v) is 8.28. The predicted octanol–water partition coefficient (Wildman–Crippen LogP) is 3.89. The van der Waals surface area contributed by atoms with Crippen LogP contribution in [-0.4, -0.2) is 15.4 Å². The van der Waals surface area contributed by atoms with Crippen LogP contribution in [0, 0.1) is 12.3 Å². The third-order valence-electron chi connectivity index (χ3n) is 4.12. The number of nitrogens with zero attached hydrogens (tertiary/aromatic N) is 2. The molecule has 4 rings (SSSR count). The number of fused-ring (bicyclic) bond motifs is 2. The molecular weight excluding hydrogens is 304 g/mol. The number of hydrogen-bond donors (Lipinski definition) is 2. The predicted molar refractivity (Wildman–Crippen MR) is 96.4 cm³/mol. The van der Waals surface area contributed by atoms with E-state index in [-0.39, 0.29) is 5.84 Å². The van der Waals surface area contributed by atoms with Crippen LogP contribution in [0.3, 0.4) is 0 Å². The largest absolute Gasteiger partial charge is 0.382 e. The SMILES string of the molecule is Cc1cc2ccc(C(=N)N)nc2n1Cc1csc2ccccc12. The molecule has 0 amide bonds. The van der Waals surface area contributed by atoms with E-state index in [1.807, 2.05) is 6.07 Å². The molecule has 0 aliphatic rings. The lowest BCUT2D eigenvalue weighted by Crippen LogP contribution is -2.13. The molecule has 0 unspecified atom stereocenters. The molecule has 0 aliphatic heterocycles. The maximum atomic E-state index is 7.60. The molecule has 0 radical (unpaired) electrons. The Morgan fingerprint density at radius 2 is 2.09 bits per heavy atom. The van der Waals surface area contributed by atoms with Crippen molar-refractivity contribution in [3.63, 3.8) is 0 Å². The number of aryl methyl sites for hydroxylation is 1. The Bertz CT molecular complexity index is 1040. The average molecular weight is 320 g/mol. The highest BCUT2D eigenvalue weighted by Gasteiger charge is 2.11. The van der Waals surface area contributed by atoms with Crippen LogP contribution < -0.4 is 5.73 Å². The smallest absolute Gasteiger partial charge is 0.141 e. The fourth-order valence-electron chi connectivity index (χ4n) is 2.93. The minimum atomic E-state index is -0.00159. The molecule has 4 aromatic rings. The van der Waals surface area contributed by atoms with Gasteiger partial charge in [-0.2, -0.15) is 0 Å². The standard InChI is InChI=1S/C18H16N4S/c1-11-8-12-6-7-15(17(19)20)21-18(12)22(11)9-13-10-23-16-5-3-2-4-14(13)16/h2-8,10H,9H2,1H3,(H3,19,20). The second kappa shape index (κ2) is 5.21. The second-order valence-electron chi connectivity index (χ2n) is 5.65. The molecule has 1 aromatic carbocycles. The van der Waals surface area contributed by atoms with Gasteiger partial charge in [-0.3, -0.25) is 5.41 Å². The van der Waals surface area contributed by atoms with Crippen molar-refractivity contribution in [1.82, 2.24) is 9.55 Å². The number of aromatic nitrogens is 2. The van der Waals surface area contributed by atoms with Crippen LogP contribution in [0.4, 0.5) is 0 Å². The maximum Gasteiger partial charge on any atom is 0.141 e. The number of nitrogens with two attached hydrogens (primary N) is 1. The maximum absolute atomic E-state index is 7.60. The summed E-state index contributed by atoms with van der Waals surface area (Å²) in [5, 5.41) is 12.2. The minimum Gasteiger partial charge on any atom is -0.382 e. The third kappa shape index (κ3) is 2.29. The van der Waals surface area contributed by atoms with E-state index in [9.17, 15) is 0 Å². The summed E-state index contributed by atoms with van der Waals surface area (Å²) < 4.78 is 3.49. The highest BCUT2D eigenvalue weighted by Crippen LogP contribution is 2.28. The van der Waals surface area contributed by atoms with Crippen LogP contribution >= 0.6 is 11.3 Å². The van der Waals surface area contributed by atoms with Crippen molar-refractivity contribution in [2.45, 2.75) is 13.5 Å². The first kappa shape index (κ1) is 14.0. The molecular formula is C18H16N4S. The van der Waals surface area contributed by atoms with Crippen molar-refractivity contribution in [2.24, 2.45) is 5.73 Å². The van der Waals surface area contributed by atoms with Gasteiger partial charge in [0.05, 0.1) is 6.54 Å². The van der Waals surface area contributed by atoms with Gasteiger partial charge in [0.2, 0.25) is 0 Å². The van der Waals surface area contributed by atoms with Gasteiger partial charge in [0.15, 0.2) is 0 Å². The van der Waals surface area contributed by atoms with Crippen molar-refractivity contribution in [1.29, 1.82) is 5.41 Å². The quantitative estimate of drug-likeness (QED) is 0.444. The fraction of sp³-hybridized carbons (Fsp3) is 0.111. The van der Waals surface area contributed by atoms with E-state index in [0.717, 1.165) is 23.3 Å². The van der Waals surface area contributed by atoms with Crippen LogP contribution in [0.15, 0.2) is 47.8 Å². The van der Waals surface area contributed by atoms with Crippen LogP contribution in [0.2, 0.25) is 0 Å². The second-order valence-corrected chi connectivity index (χ2v) is 6.56. The van der Waals surface area contributed by atoms with Crippen molar-refractivity contribution >= 4 is 38.3 Å². The van der Waals surface area contributed by atoms with Gasteiger partial charge in [0.25, 0.3) is 0 Å². The molecule has 0 bridgehead atoms. The number of pyridine rings is 1. The van der Waals surface area contributed by atoms with Crippen LogP contribution in [0.1, 0.15) is 17.0 Å². The van der Waals surface area contributed by atoms with E-state index in [2.05, 4.69) is 52.2 Å². The molecule has 0 spiro atoms. The van der Waals surface area contributed by atoms with Crippen molar-refractivity contribution < 1.29 is 0 Å². The molecule has 4 nitrogen and oxygen atoms in total. The Hall–Kier alpha value is -2.66. The summed E-state index contributed by atoms with van der Waals surface area (Å²) in [6.45, 7) is 2.86. The summed E-state index contributed by atoms with van der Waals surface area (Å²) in [5.74, 6) is -0.00159. The minimum absolute atomic E-state index is 0.00159. The van der Waals surface area contributed by atoms with E-state index < -0.39 is 0 Å². The van der Waals surface area contributed by atoms with Crippen LogP contribution in [0.25, 0.3) is 21.1 Å². The van der Waals surface area contributed by atoms with Crippen LogP contribution in [-0.2, 0) is 6.54 Å². The summed E-state index contributed by atoms with van der Waals surface area (Å²) in [4.78, 5) is 4.57. The number of hydrogen-bond acceptors (Lipinski definition) is 3. The van der Waals surface area contributed by atoms with Gasteiger partial charge in [-0.15, -0.1) is 11.3 Å². The number of amidine groups is 1. The monoisotopic (exact) mass is 320 g/mol. The molecule has 0 saturated carbocycles. The van der Waals surface area contributed by atoms with E-state index in [1.54, 1.807) is 17.4 Å². The normalized spacial score (nSPS) is 11.3. The number of rotatable bonds is 3. The van der Waals surface area contributed by atoms with Gasteiger partial charge >= 0.3 is 0 Å². The van der Waals surface area contributed by atoms with Gasteiger partial charge in [0, 0.05) is 15.8 Å². The Labute approximate surface area is 137 Å². The van der Waals surface area contributed by atoms with Crippen LogP contribution in [0.5, 0.6) is 0 Å². The number of thiophene rings is 1. The molecule has 23 heavy (non-hydrogen) atoms. The topological polar surface area (TPSA) is 67.7 Å². The number of benzene rings is 1. The van der Waals surface area contributed by atoms with E-state index >= 15 is 0 Å². The first-order chi connectivity index (χ1) is 11.1. The molecule has 5 heteroatoms. The molecule has 0 fully saturated rings. The highest BCUT2D eigenvalue weighted by atomic mass is 32.1. The summed E-state index contributed by atoms with van der Waals surface area (Å²) in [6.07, 6.45) is 0. The summed E-state index contributed by atoms with van der Waals surface area (Å²) in [6, 6.07) is 14.4. The third-order valence-corrected chi connectivity index (χ3v) is 5.13. The Morgan fingerprint density at radius 3 is 2.91 bits per heavy atom. The lowest BCUT2D eigenvalue weighted by Gasteiger charge is -2.08. The van der Waals surface area contributed by atoms with Crippen molar-refractivity contribution in [3.8, 4) is 0 Å². The Kier molecular flexibility index (Phi) is 3.16. The van der Waals surface area contributed by atoms with Gasteiger partial charge in [-0.1, -0.05) is 18.2 Å². The summed E-state index contributed by atoms with van der Waals surface area (Å²) >= 11 is 1.77. The molecule has 3 aromatic heterocycles. The molecule has 0 saturated heterocycles. The molecule has 3 heterocycles. The van der Waals surface area contributed by atoms with Gasteiger partial charge in [-0.25, -0.2) is 4.98 Å². The van der Waals surface area contributed by atoms with Crippen molar-refractivity contribution in [3.05, 3.63) is 64.8 Å². The number of nitrogen functional groups attached to an aromatic ring is 1. The molecule has 3 N–H and O–H groups in total. The lowest BCUT2D eigenvalue weighted by molar-refractivity contribution is 0.801. The molecule has 114 valence electrons. The summed E-state index contributed by atoms with van der Waals surface area (Å²) in [5.41, 5.74) is 9.43. The first-order valence-electron chi connectivity index (χ1n) is 7.40. The van der Waals surface area contributed by atoms with E-state index in [4.69, 9.17) is 11.1 Å². The highest BCUT2D eigenvalue weighted by molar-refractivity contribution is 7.17. The van der Waals surface area contributed by atoms with Gasteiger partial charge in [0.1, 0.15) is 17.2 Å². The zero-order valence-corrected chi connectivity index (χ0v) is 13.5. The lowest BCUT2D eigenvalue weighted by atomic mass is 10.2. The van der Waals surface area contributed by atoms with Gasteiger partial charge < -0.3 is 10.3 Å². The van der Waals surface area contributed by atoms with E-state index in [1.165, 1.54) is 15.6 Å². The Morgan fingerprint density at radius 1 is 1.26 bits per heavy atom. The number of nitrogens with one attached hydrogen (secondary N) is 1. The van der Waals surface area contributed by atoms with E-state index in [0.29, 0.717) is 5.69 Å². The summed E-state index contributed by atoms with van der Waals surface area (Å²) in [7, 11) is 0.